The molecule has 2 amide bonds. The van der Waals surface area contributed by atoms with E-state index in [2.05, 4.69) is 16.9 Å². The van der Waals surface area contributed by atoms with Gasteiger partial charge in [0.2, 0.25) is 0 Å². The minimum atomic E-state index is -1.10. The number of aromatic carboxylic acids is 1. The van der Waals surface area contributed by atoms with Crippen molar-refractivity contribution in [3.63, 3.8) is 0 Å². The van der Waals surface area contributed by atoms with Crippen LogP contribution in [0, 0.1) is 6.92 Å². The number of carboxylic acid groups (broad SMARTS) is 1. The van der Waals surface area contributed by atoms with Crippen molar-refractivity contribution in [1.82, 2.24) is 9.88 Å². The Kier molecular flexibility index (Phi) is 5.17. The van der Waals surface area contributed by atoms with Crippen molar-refractivity contribution >= 4 is 17.7 Å². The van der Waals surface area contributed by atoms with E-state index in [-0.39, 0.29) is 17.4 Å². The first-order valence-electron chi connectivity index (χ1n) is 6.01. The van der Waals surface area contributed by atoms with E-state index >= 15 is 0 Å². The van der Waals surface area contributed by atoms with E-state index in [1.807, 2.05) is 0 Å². The van der Waals surface area contributed by atoms with Crippen molar-refractivity contribution in [2.45, 2.75) is 19.8 Å². The zero-order valence-corrected chi connectivity index (χ0v) is 11.2. The number of amides is 2. The van der Waals surface area contributed by atoms with Gasteiger partial charge in [-0.25, -0.2) is 9.59 Å². The molecule has 0 bridgehead atoms. The van der Waals surface area contributed by atoms with Gasteiger partial charge in [0, 0.05) is 19.3 Å². The first-order chi connectivity index (χ1) is 8.95. The van der Waals surface area contributed by atoms with Gasteiger partial charge < -0.3 is 20.3 Å². The van der Waals surface area contributed by atoms with Gasteiger partial charge in [0.1, 0.15) is 5.69 Å². The van der Waals surface area contributed by atoms with Crippen LogP contribution in [0.25, 0.3) is 0 Å². The molecule has 0 radical (unpaired) electrons. The molecule has 0 aliphatic rings. The molecule has 0 fully saturated rings. The van der Waals surface area contributed by atoms with Crippen molar-refractivity contribution in [3.8, 4) is 0 Å². The number of aryl methyl sites for hydroxylation is 1. The molecule has 1 aromatic rings. The molecule has 6 nitrogen and oxygen atoms in total. The standard InChI is InChI=1S/C13H19N3O3/c1-4-5-6-7-16(3)13(19)15-10-8-9(2)14-11(10)12(17)18/h4,8,14H,1,5-7H2,2-3H3,(H,15,19)(H,17,18). The number of hydrogen-bond donors (Lipinski definition) is 3. The molecule has 0 aromatic carbocycles. The molecule has 1 rings (SSSR count). The number of aromatic amines is 1. The highest BCUT2D eigenvalue weighted by Gasteiger charge is 2.16. The van der Waals surface area contributed by atoms with Crippen LogP contribution >= 0.6 is 0 Å². The molecule has 0 aliphatic carbocycles. The number of hydrogen-bond acceptors (Lipinski definition) is 2. The van der Waals surface area contributed by atoms with E-state index in [1.165, 1.54) is 4.90 Å². The van der Waals surface area contributed by atoms with Crippen LogP contribution in [0.3, 0.4) is 0 Å². The molecule has 0 atom stereocenters. The minimum Gasteiger partial charge on any atom is -0.477 e. The molecule has 0 spiro atoms. The summed E-state index contributed by atoms with van der Waals surface area (Å²) in [5.41, 5.74) is 0.956. The Hall–Kier alpha value is -2.24. The molecular weight excluding hydrogens is 246 g/mol. The maximum absolute atomic E-state index is 11.9. The number of carbonyl (C=O) groups excluding carboxylic acids is 1. The summed E-state index contributed by atoms with van der Waals surface area (Å²) in [6, 6.07) is 1.27. The van der Waals surface area contributed by atoms with Crippen molar-refractivity contribution < 1.29 is 14.7 Å². The highest BCUT2D eigenvalue weighted by molar-refractivity contribution is 5.99. The summed E-state index contributed by atoms with van der Waals surface area (Å²) in [5.74, 6) is -1.10. The molecule has 1 aromatic heterocycles. The Bertz CT molecular complexity index is 479. The van der Waals surface area contributed by atoms with Crippen LogP contribution < -0.4 is 5.32 Å². The topological polar surface area (TPSA) is 85.4 Å². The van der Waals surface area contributed by atoms with Gasteiger partial charge in [0.05, 0.1) is 5.69 Å². The van der Waals surface area contributed by atoms with E-state index in [1.54, 1.807) is 26.1 Å². The number of nitrogens with one attached hydrogen (secondary N) is 2. The lowest BCUT2D eigenvalue weighted by Crippen LogP contribution is -2.32. The Morgan fingerprint density at radius 3 is 2.84 bits per heavy atom. The number of urea groups is 1. The predicted octanol–water partition coefficient (Wildman–Crippen LogP) is 2.45. The number of allylic oxidation sites excluding steroid dienone is 1. The van der Waals surface area contributed by atoms with Gasteiger partial charge in [-0.05, 0) is 25.8 Å². The van der Waals surface area contributed by atoms with E-state index in [0.29, 0.717) is 12.2 Å². The molecule has 0 saturated carbocycles. The average molecular weight is 265 g/mol. The molecule has 6 heteroatoms. The zero-order valence-electron chi connectivity index (χ0n) is 11.2. The first kappa shape index (κ1) is 14.8. The van der Waals surface area contributed by atoms with Crippen molar-refractivity contribution in [2.24, 2.45) is 0 Å². The Morgan fingerprint density at radius 1 is 1.58 bits per heavy atom. The maximum Gasteiger partial charge on any atom is 0.354 e. The van der Waals surface area contributed by atoms with E-state index in [0.717, 1.165) is 12.8 Å². The van der Waals surface area contributed by atoms with Crippen LogP contribution in [-0.4, -0.2) is 40.6 Å². The third kappa shape index (κ3) is 4.17. The largest absolute Gasteiger partial charge is 0.477 e. The summed E-state index contributed by atoms with van der Waals surface area (Å²) in [6.07, 6.45) is 3.45. The highest BCUT2D eigenvalue weighted by Crippen LogP contribution is 2.17. The van der Waals surface area contributed by atoms with Crippen LogP contribution in [0.1, 0.15) is 29.0 Å². The molecule has 19 heavy (non-hydrogen) atoms. The Labute approximate surface area is 112 Å². The monoisotopic (exact) mass is 265 g/mol. The summed E-state index contributed by atoms with van der Waals surface area (Å²) in [6.45, 7) is 5.93. The van der Waals surface area contributed by atoms with Crippen molar-refractivity contribution in [1.29, 1.82) is 0 Å². The molecule has 0 saturated heterocycles. The SMILES string of the molecule is C=CCCCN(C)C(=O)Nc1cc(C)[nH]c1C(=O)O. The van der Waals surface area contributed by atoms with Crippen LogP contribution in [0.4, 0.5) is 10.5 Å². The predicted molar refractivity (Wildman–Crippen MR) is 73.6 cm³/mol. The van der Waals surface area contributed by atoms with Gasteiger partial charge in [-0.3, -0.25) is 0 Å². The lowest BCUT2D eigenvalue weighted by Gasteiger charge is -2.17. The second-order valence-corrected chi connectivity index (χ2v) is 4.33. The summed E-state index contributed by atoms with van der Waals surface area (Å²) in [4.78, 5) is 27.1. The molecule has 0 unspecified atom stereocenters. The number of anilines is 1. The number of unbranched alkanes of at least 4 members (excludes halogenated alkanes) is 1. The van der Waals surface area contributed by atoms with Crippen LogP contribution in [0.2, 0.25) is 0 Å². The summed E-state index contributed by atoms with van der Waals surface area (Å²) >= 11 is 0. The van der Waals surface area contributed by atoms with E-state index in [9.17, 15) is 9.59 Å². The normalized spacial score (nSPS) is 10.0. The number of aromatic nitrogens is 1. The van der Waals surface area contributed by atoms with Gasteiger partial charge in [-0.1, -0.05) is 6.08 Å². The Balaban J connectivity index is 2.66. The van der Waals surface area contributed by atoms with Crippen LogP contribution in [0.15, 0.2) is 18.7 Å². The second kappa shape index (κ2) is 6.63. The second-order valence-electron chi connectivity index (χ2n) is 4.33. The van der Waals surface area contributed by atoms with Gasteiger partial charge in [0.15, 0.2) is 0 Å². The van der Waals surface area contributed by atoms with Crippen LogP contribution in [0.5, 0.6) is 0 Å². The highest BCUT2D eigenvalue weighted by atomic mass is 16.4. The summed E-state index contributed by atoms with van der Waals surface area (Å²) in [5, 5.41) is 11.6. The quantitative estimate of drug-likeness (QED) is 0.545. The van der Waals surface area contributed by atoms with Gasteiger partial charge in [-0.2, -0.15) is 0 Å². The average Bonchev–Trinajstić information content (AvgIpc) is 2.70. The molecule has 1 heterocycles. The van der Waals surface area contributed by atoms with Crippen LogP contribution in [-0.2, 0) is 0 Å². The maximum atomic E-state index is 11.9. The smallest absolute Gasteiger partial charge is 0.354 e. The van der Waals surface area contributed by atoms with Gasteiger partial charge in [0.25, 0.3) is 0 Å². The minimum absolute atomic E-state index is 0.00894. The van der Waals surface area contributed by atoms with Gasteiger partial charge in [-0.15, -0.1) is 6.58 Å². The van der Waals surface area contributed by atoms with Gasteiger partial charge >= 0.3 is 12.0 Å². The first-order valence-corrected chi connectivity index (χ1v) is 6.01. The van der Waals surface area contributed by atoms with Crippen molar-refractivity contribution in [3.05, 3.63) is 30.1 Å². The van der Waals surface area contributed by atoms with E-state index < -0.39 is 5.97 Å². The third-order valence-electron chi connectivity index (χ3n) is 2.66. The number of carboxylic acids is 1. The number of carbonyl (C=O) groups is 2. The molecule has 3 N–H and O–H groups in total. The Morgan fingerprint density at radius 2 is 2.26 bits per heavy atom. The van der Waals surface area contributed by atoms with E-state index in [4.69, 9.17) is 5.11 Å². The van der Waals surface area contributed by atoms with Crippen molar-refractivity contribution in [2.75, 3.05) is 18.9 Å². The zero-order chi connectivity index (χ0) is 14.4. The number of nitrogens with zero attached hydrogens (tertiary/aromatic N) is 1. The summed E-state index contributed by atoms with van der Waals surface area (Å²) in [7, 11) is 1.67. The number of H-pyrrole nitrogens is 1. The fraction of sp³-hybridized carbons (Fsp3) is 0.385. The molecule has 104 valence electrons. The molecular formula is C13H19N3O3. The third-order valence-corrected chi connectivity index (χ3v) is 2.66. The number of rotatable bonds is 6. The fourth-order valence-corrected chi connectivity index (χ4v) is 1.64. The molecule has 0 aliphatic heterocycles. The summed E-state index contributed by atoms with van der Waals surface area (Å²) < 4.78 is 0. The lowest BCUT2D eigenvalue weighted by atomic mass is 10.3. The fourth-order valence-electron chi connectivity index (χ4n) is 1.64. The lowest BCUT2D eigenvalue weighted by molar-refractivity contribution is 0.0692.